The highest BCUT2D eigenvalue weighted by atomic mass is 35.5. The lowest BCUT2D eigenvalue weighted by atomic mass is 9.97. The third kappa shape index (κ3) is 7.60. The number of fused-ring (bicyclic) bond motifs is 10. The molecule has 0 bridgehead atoms. The van der Waals surface area contributed by atoms with Crippen molar-refractivity contribution in [3.63, 3.8) is 0 Å². The van der Waals surface area contributed by atoms with Gasteiger partial charge in [0, 0.05) is 67.3 Å². The van der Waals surface area contributed by atoms with Gasteiger partial charge in [-0.3, -0.25) is 14.0 Å². The molecule has 4 heterocycles. The molecule has 0 unspecified atom stereocenters. The molecule has 10 rings (SSSR count). The van der Waals surface area contributed by atoms with Crippen LogP contribution in [0, 0.1) is 11.8 Å². The Hall–Kier alpha value is -4.40. The maximum atomic E-state index is 13.2. The number of aromatic nitrogens is 2. The van der Waals surface area contributed by atoms with Gasteiger partial charge in [0.15, 0.2) is 11.6 Å². The van der Waals surface area contributed by atoms with E-state index >= 15 is 0 Å². The molecule has 2 aliphatic carbocycles. The van der Waals surface area contributed by atoms with Crippen LogP contribution in [0.4, 0.5) is 10.2 Å². The molecule has 2 fully saturated rings. The van der Waals surface area contributed by atoms with E-state index in [1.165, 1.54) is 25.9 Å². The molecule has 0 radical (unpaired) electrons. The number of nitrogens with zero attached hydrogens (tertiary/aromatic N) is 3. The van der Waals surface area contributed by atoms with Gasteiger partial charge in [-0.1, -0.05) is 97.2 Å². The maximum absolute atomic E-state index is 13.2. The Bertz CT molecular complexity index is 2450. The van der Waals surface area contributed by atoms with Crippen LogP contribution in [0.25, 0.3) is 44.1 Å². The van der Waals surface area contributed by atoms with Gasteiger partial charge in [-0.05, 0) is 98.1 Å². The molecular weight excluding hydrogens is 754 g/mol. The summed E-state index contributed by atoms with van der Waals surface area (Å²) < 4.78 is 15.5. The normalized spacial score (nSPS) is 16.1. The Morgan fingerprint density at radius 2 is 1.13 bits per heavy atom. The zero-order valence-electron chi connectivity index (χ0n) is 31.8. The average molecular weight is 797 g/mol. The Morgan fingerprint density at radius 3 is 1.65 bits per heavy atom. The quantitative estimate of drug-likeness (QED) is 0.167. The third-order valence-electron chi connectivity index (χ3n) is 10.9. The van der Waals surface area contributed by atoms with Crippen LogP contribution in [0.2, 0.25) is 15.2 Å². The van der Waals surface area contributed by atoms with E-state index in [9.17, 15) is 14.0 Å². The van der Waals surface area contributed by atoms with Crippen molar-refractivity contribution in [1.82, 2.24) is 15.3 Å². The molecule has 0 spiro atoms. The van der Waals surface area contributed by atoms with Gasteiger partial charge in [0.1, 0.15) is 11.0 Å². The first-order valence-electron chi connectivity index (χ1n) is 19.3. The number of rotatable bonds is 1. The number of ketones is 2. The number of hydrogen-bond donors (Lipinski definition) is 1. The fourth-order valence-electron chi connectivity index (χ4n) is 7.88. The molecule has 0 amide bonds. The fourth-order valence-corrected chi connectivity index (χ4v) is 8.51. The molecule has 10 heteroatoms. The molecule has 1 N–H and O–H groups in total. The van der Waals surface area contributed by atoms with Gasteiger partial charge in [0.2, 0.25) is 0 Å². The molecule has 4 aromatic carbocycles. The Labute approximate surface area is 337 Å². The second-order valence-corrected chi connectivity index (χ2v) is 15.7. The molecular formula is C45H42Cl3FN4O2. The molecule has 0 atom stereocenters. The van der Waals surface area contributed by atoms with Crippen LogP contribution in [0.15, 0.2) is 84.9 Å². The van der Waals surface area contributed by atoms with Gasteiger partial charge in [-0.2, -0.15) is 0 Å². The van der Waals surface area contributed by atoms with Crippen LogP contribution in [-0.4, -0.2) is 54.9 Å². The highest BCUT2D eigenvalue weighted by Crippen LogP contribution is 2.47. The Kier molecular flexibility index (Phi) is 11.4. The van der Waals surface area contributed by atoms with Gasteiger partial charge < -0.3 is 10.2 Å². The largest absolute Gasteiger partial charge is 0.356 e. The van der Waals surface area contributed by atoms with Crippen LogP contribution in [0.1, 0.15) is 72.7 Å². The standard InChI is InChI=1S/C22H19ClN2O.C16H7Cl2NO.C6H13N.CH3F/c1-13-8-10-25(11-9-13)22-20-15-7-6-14(23)12-17(15)21(26)19(20)16-4-2-3-5-18(16)24-22;17-8-5-6-9-11(7-8)15(20)13-10-3-1-2-4-12(10)19-16(18)14(9)13;1-6-2-4-7-5-3-6;1-2/h2-7,12-13H,8-11H2,1H3;1-7H;6-7H,2-5H2,1H3;1H3/i;;;1D. The van der Waals surface area contributed by atoms with E-state index in [0.717, 1.165) is 87.6 Å². The second-order valence-electron chi connectivity index (χ2n) is 14.5. The molecule has 4 aliphatic rings. The predicted octanol–water partition coefficient (Wildman–Crippen LogP) is 11.7. The first-order chi connectivity index (χ1) is 27.1. The SMILES string of the molecule is CC1CCN(c2nc3ccccc3c3c2-c2ccc(Cl)cc2C3=O)CC1.CC1CCNCC1.O=C1c2cc(Cl)ccc2-c2c(Cl)nc3ccccc3c21.[2H]CF. The number of anilines is 1. The summed E-state index contributed by atoms with van der Waals surface area (Å²) in [6.07, 6.45) is 5.06. The summed E-state index contributed by atoms with van der Waals surface area (Å²) in [6, 6.07) is 26.3. The molecule has 282 valence electrons. The zero-order chi connectivity index (χ0) is 39.5. The number of carbonyl (C=O) groups excluding carboxylic acids is 2. The average Bonchev–Trinajstić information content (AvgIpc) is 3.66. The van der Waals surface area contributed by atoms with E-state index in [1.54, 1.807) is 18.2 Å². The minimum Gasteiger partial charge on any atom is -0.356 e. The lowest BCUT2D eigenvalue weighted by Gasteiger charge is -2.32. The minimum absolute atomic E-state index is 0.0435. The van der Waals surface area contributed by atoms with Gasteiger partial charge in [-0.15, -0.1) is 0 Å². The summed E-state index contributed by atoms with van der Waals surface area (Å²) in [5, 5.41) is 6.55. The summed E-state index contributed by atoms with van der Waals surface area (Å²) in [7, 11) is -1.00. The summed E-state index contributed by atoms with van der Waals surface area (Å²) >= 11 is 18.4. The number of hydrogen-bond acceptors (Lipinski definition) is 6. The van der Waals surface area contributed by atoms with Crippen LogP contribution in [0.3, 0.4) is 0 Å². The molecule has 6 nitrogen and oxygen atoms in total. The number of carbonyl (C=O) groups is 2. The number of nitrogens with one attached hydrogen (secondary N) is 1. The number of para-hydroxylation sites is 2. The number of alkyl halides is 1. The minimum atomic E-state index is -1.00. The molecule has 2 saturated heterocycles. The van der Waals surface area contributed by atoms with E-state index in [1.807, 2.05) is 66.7 Å². The van der Waals surface area contributed by atoms with Gasteiger partial charge in [0.25, 0.3) is 0 Å². The van der Waals surface area contributed by atoms with Crippen molar-refractivity contribution in [3.05, 3.63) is 122 Å². The molecule has 2 aliphatic heterocycles. The highest BCUT2D eigenvalue weighted by Gasteiger charge is 2.35. The lowest BCUT2D eigenvalue weighted by Crippen LogP contribution is -2.33. The molecule has 55 heavy (non-hydrogen) atoms. The van der Waals surface area contributed by atoms with Crippen molar-refractivity contribution < 1.29 is 15.4 Å². The topological polar surface area (TPSA) is 75.2 Å². The van der Waals surface area contributed by atoms with E-state index in [2.05, 4.69) is 29.0 Å². The van der Waals surface area contributed by atoms with Crippen molar-refractivity contribution in [2.24, 2.45) is 11.8 Å². The van der Waals surface area contributed by atoms with Gasteiger partial charge in [-0.25, -0.2) is 9.97 Å². The summed E-state index contributed by atoms with van der Waals surface area (Å²) in [4.78, 5) is 37.6. The van der Waals surface area contributed by atoms with Crippen molar-refractivity contribution in [2.45, 2.75) is 39.5 Å². The van der Waals surface area contributed by atoms with Crippen molar-refractivity contribution in [3.8, 4) is 22.3 Å². The summed E-state index contributed by atoms with van der Waals surface area (Å²) in [5.41, 5.74) is 7.75. The molecule has 2 aromatic heterocycles. The number of halogens is 4. The zero-order valence-corrected chi connectivity index (χ0v) is 33.0. The Balaban J connectivity index is 0.000000141. The van der Waals surface area contributed by atoms with Crippen LogP contribution < -0.4 is 10.2 Å². The highest BCUT2D eigenvalue weighted by molar-refractivity contribution is 6.39. The molecule has 6 aromatic rings. The monoisotopic (exact) mass is 795 g/mol. The third-order valence-corrected chi connectivity index (χ3v) is 11.6. The van der Waals surface area contributed by atoms with Crippen LogP contribution in [0.5, 0.6) is 0 Å². The lowest BCUT2D eigenvalue weighted by molar-refractivity contribution is 0.103. The van der Waals surface area contributed by atoms with E-state index in [4.69, 9.17) is 41.2 Å². The van der Waals surface area contributed by atoms with Crippen molar-refractivity contribution in [1.29, 1.82) is 0 Å². The maximum Gasteiger partial charge on any atom is 0.195 e. The fraction of sp³-hybridized carbons (Fsp3) is 0.289. The molecule has 0 saturated carbocycles. The van der Waals surface area contributed by atoms with Crippen LogP contribution in [-0.2, 0) is 0 Å². The second kappa shape index (κ2) is 16.8. The number of benzene rings is 4. The smallest absolute Gasteiger partial charge is 0.195 e. The van der Waals surface area contributed by atoms with Crippen molar-refractivity contribution in [2.75, 3.05) is 38.2 Å². The van der Waals surface area contributed by atoms with E-state index in [0.29, 0.717) is 37.5 Å². The van der Waals surface area contributed by atoms with Gasteiger partial charge >= 0.3 is 0 Å². The van der Waals surface area contributed by atoms with E-state index in [-0.39, 0.29) is 11.6 Å². The van der Waals surface area contributed by atoms with E-state index < -0.39 is 7.15 Å². The van der Waals surface area contributed by atoms with Crippen molar-refractivity contribution >= 4 is 74.0 Å². The van der Waals surface area contributed by atoms with Crippen LogP contribution >= 0.6 is 34.8 Å². The first kappa shape index (κ1) is 37.5. The predicted molar refractivity (Wildman–Crippen MR) is 225 cm³/mol. The first-order valence-corrected chi connectivity index (χ1v) is 19.8. The number of pyridine rings is 2. The Morgan fingerprint density at radius 1 is 0.655 bits per heavy atom. The summed E-state index contributed by atoms with van der Waals surface area (Å²) in [5.74, 6) is 2.68. The summed E-state index contributed by atoms with van der Waals surface area (Å²) in [6.45, 7) is 9.06. The number of piperidine rings is 2. The van der Waals surface area contributed by atoms with Gasteiger partial charge in [0.05, 0.1) is 19.6 Å².